The highest BCUT2D eigenvalue weighted by molar-refractivity contribution is 6.31. The molecule has 226 valence electrons. The van der Waals surface area contributed by atoms with E-state index in [4.69, 9.17) is 32.7 Å². The molecule has 0 bridgehead atoms. The van der Waals surface area contributed by atoms with Crippen molar-refractivity contribution in [2.75, 3.05) is 25.6 Å². The molecule has 2 aliphatic rings. The average molecular weight is 629 g/mol. The summed E-state index contributed by atoms with van der Waals surface area (Å²) < 4.78 is 26.1. The topological polar surface area (TPSA) is 106 Å². The van der Waals surface area contributed by atoms with Crippen LogP contribution in [0.5, 0.6) is 5.75 Å². The number of piperidine rings is 1. The molecule has 1 saturated heterocycles. The molecule has 0 aromatic heterocycles. The summed E-state index contributed by atoms with van der Waals surface area (Å²) in [4.78, 5) is 40.9. The molecule has 2 aliphatic heterocycles. The van der Waals surface area contributed by atoms with Crippen molar-refractivity contribution >= 4 is 46.6 Å². The summed E-state index contributed by atoms with van der Waals surface area (Å²) in [7, 11) is 1.54. The Bertz CT molecular complexity index is 1610. The minimum Gasteiger partial charge on any atom is -0.478 e. The van der Waals surface area contributed by atoms with Crippen molar-refractivity contribution in [1.82, 2.24) is 10.6 Å². The molecular weight excluding hydrogens is 596 g/mol. The van der Waals surface area contributed by atoms with Crippen LogP contribution in [0.2, 0.25) is 10.0 Å². The minimum absolute atomic E-state index is 0.114. The Morgan fingerprint density at radius 2 is 1.79 bits per heavy atom. The summed E-state index contributed by atoms with van der Waals surface area (Å²) in [5.41, 5.74) is -0.125. The van der Waals surface area contributed by atoms with Crippen molar-refractivity contribution in [3.63, 3.8) is 0 Å². The molecule has 1 spiro atoms. The van der Waals surface area contributed by atoms with Gasteiger partial charge in [0.2, 0.25) is 11.8 Å². The van der Waals surface area contributed by atoms with Crippen molar-refractivity contribution in [1.29, 1.82) is 0 Å². The smallest absolute Gasteiger partial charge is 0.263 e. The summed E-state index contributed by atoms with van der Waals surface area (Å²) >= 11 is 12.8. The van der Waals surface area contributed by atoms with Crippen molar-refractivity contribution in [2.45, 2.75) is 50.2 Å². The lowest BCUT2D eigenvalue weighted by Gasteiger charge is -2.47. The number of ether oxygens (including phenoxy) is 2. The van der Waals surface area contributed by atoms with E-state index in [1.54, 1.807) is 63.2 Å². The molecule has 3 aromatic carbocycles. The maximum absolute atomic E-state index is 14.7. The van der Waals surface area contributed by atoms with Crippen LogP contribution in [0.15, 0.2) is 54.6 Å². The number of benzene rings is 3. The Morgan fingerprint density at radius 3 is 2.53 bits per heavy atom. The first-order valence-electron chi connectivity index (χ1n) is 13.8. The van der Waals surface area contributed by atoms with E-state index in [2.05, 4.69) is 16.0 Å². The van der Waals surface area contributed by atoms with Gasteiger partial charge in [0.1, 0.15) is 17.0 Å². The van der Waals surface area contributed by atoms with Crippen LogP contribution < -0.4 is 20.7 Å². The molecule has 1 fully saturated rings. The van der Waals surface area contributed by atoms with Gasteiger partial charge in [0.15, 0.2) is 5.60 Å². The normalized spacial score (nSPS) is 21.3. The van der Waals surface area contributed by atoms with Crippen LogP contribution in [-0.4, -0.2) is 43.6 Å². The third-order valence-corrected chi connectivity index (χ3v) is 8.62. The second kappa shape index (κ2) is 11.8. The molecule has 8 nitrogen and oxygen atoms in total. The van der Waals surface area contributed by atoms with E-state index >= 15 is 0 Å². The minimum atomic E-state index is -1.46. The molecule has 11 heteroatoms. The number of hydrogen-bond acceptors (Lipinski definition) is 5. The van der Waals surface area contributed by atoms with Crippen molar-refractivity contribution < 1.29 is 28.2 Å². The maximum Gasteiger partial charge on any atom is 0.263 e. The molecule has 3 atom stereocenters. The SMILES string of the molecule is COCCNC(=O)C(C)(C)Oc1ccc(Cl)cc1[C@H]1CC(=O)N[C@@H](c2cc(F)ccc2C)C12C(=O)Nc1cc(Cl)ccc12. The van der Waals surface area contributed by atoms with Gasteiger partial charge in [-0.1, -0.05) is 35.3 Å². The van der Waals surface area contributed by atoms with Gasteiger partial charge in [-0.25, -0.2) is 4.39 Å². The van der Waals surface area contributed by atoms with Gasteiger partial charge in [-0.05, 0) is 79.9 Å². The van der Waals surface area contributed by atoms with Crippen LogP contribution >= 0.6 is 23.2 Å². The quantitative estimate of drug-likeness (QED) is 0.282. The number of rotatable bonds is 8. The fraction of sp³-hybridized carbons (Fsp3) is 0.344. The average Bonchev–Trinajstić information content (AvgIpc) is 3.23. The number of halogens is 3. The van der Waals surface area contributed by atoms with Gasteiger partial charge in [-0.2, -0.15) is 0 Å². The molecule has 43 heavy (non-hydrogen) atoms. The highest BCUT2D eigenvalue weighted by atomic mass is 35.5. The zero-order valence-electron chi connectivity index (χ0n) is 24.1. The predicted molar refractivity (Wildman–Crippen MR) is 162 cm³/mol. The number of fused-ring (bicyclic) bond motifs is 2. The molecule has 0 aliphatic carbocycles. The predicted octanol–water partition coefficient (Wildman–Crippen LogP) is 5.60. The lowest BCUT2D eigenvalue weighted by atomic mass is 9.59. The number of aryl methyl sites for hydroxylation is 1. The Hall–Kier alpha value is -3.66. The van der Waals surface area contributed by atoms with Crippen molar-refractivity contribution in [3.8, 4) is 5.75 Å². The van der Waals surface area contributed by atoms with Gasteiger partial charge in [0.05, 0.1) is 12.6 Å². The van der Waals surface area contributed by atoms with E-state index in [0.29, 0.717) is 44.6 Å². The van der Waals surface area contributed by atoms with E-state index in [1.807, 2.05) is 0 Å². The Balaban J connectivity index is 1.72. The van der Waals surface area contributed by atoms with Crippen LogP contribution in [0.25, 0.3) is 0 Å². The van der Waals surface area contributed by atoms with Crippen LogP contribution in [0.3, 0.4) is 0 Å². The summed E-state index contributed by atoms with van der Waals surface area (Å²) in [6, 6.07) is 13.3. The number of hydrogen-bond donors (Lipinski definition) is 3. The molecule has 3 aromatic rings. The standard InChI is InChI=1S/C32H32Cl2FN3O5/c1-17-5-8-20(35)15-21(17)28-32(23-9-6-19(34)14-25(23)37-30(32)41)24(16-27(39)38-28)22-13-18(33)7-10-26(22)43-31(2,3)29(40)36-11-12-42-4/h5-10,13-15,24,28H,11-12,16H2,1-4H3,(H,36,40)(H,37,41)(H,38,39)/t24-,28+,32?/m1/s1. The lowest BCUT2D eigenvalue weighted by molar-refractivity contribution is -0.135. The number of methoxy groups -OCH3 is 1. The molecule has 2 heterocycles. The summed E-state index contributed by atoms with van der Waals surface area (Å²) in [6.45, 7) is 5.65. The van der Waals surface area contributed by atoms with Crippen LogP contribution in [-0.2, 0) is 24.5 Å². The highest BCUT2D eigenvalue weighted by Crippen LogP contribution is 2.59. The Labute approximate surface area is 259 Å². The fourth-order valence-corrected chi connectivity index (χ4v) is 6.48. The van der Waals surface area contributed by atoms with Crippen LogP contribution in [0.1, 0.15) is 54.5 Å². The van der Waals surface area contributed by atoms with E-state index in [1.165, 1.54) is 19.2 Å². The van der Waals surface area contributed by atoms with E-state index in [-0.39, 0.29) is 30.5 Å². The second-order valence-corrected chi connectivity index (χ2v) is 12.2. The highest BCUT2D eigenvalue weighted by Gasteiger charge is 2.62. The summed E-state index contributed by atoms with van der Waals surface area (Å²) in [5.74, 6) is -2.19. The van der Waals surface area contributed by atoms with E-state index in [0.717, 1.165) is 0 Å². The summed E-state index contributed by atoms with van der Waals surface area (Å²) in [6.07, 6.45) is -0.114. The maximum atomic E-state index is 14.7. The number of nitrogens with one attached hydrogen (secondary N) is 3. The third-order valence-electron chi connectivity index (χ3n) is 8.15. The van der Waals surface area contributed by atoms with Gasteiger partial charge in [0, 0.05) is 47.3 Å². The Kier molecular flexibility index (Phi) is 8.44. The van der Waals surface area contributed by atoms with Gasteiger partial charge >= 0.3 is 0 Å². The van der Waals surface area contributed by atoms with Crippen molar-refractivity contribution in [2.24, 2.45) is 0 Å². The second-order valence-electron chi connectivity index (χ2n) is 11.3. The van der Waals surface area contributed by atoms with Crippen molar-refractivity contribution in [3.05, 3.63) is 92.7 Å². The van der Waals surface area contributed by atoms with Crippen LogP contribution in [0, 0.1) is 12.7 Å². The lowest BCUT2D eigenvalue weighted by Crippen LogP contribution is -2.57. The zero-order chi connectivity index (χ0) is 31.1. The Morgan fingerprint density at radius 1 is 1.07 bits per heavy atom. The number of amides is 3. The first kappa shape index (κ1) is 30.8. The first-order valence-corrected chi connectivity index (χ1v) is 14.6. The monoisotopic (exact) mass is 627 g/mol. The van der Waals surface area contributed by atoms with Gasteiger partial charge < -0.3 is 25.4 Å². The molecule has 1 unspecified atom stereocenters. The number of anilines is 1. The third kappa shape index (κ3) is 5.57. The number of carbonyl (C=O) groups is 3. The first-order chi connectivity index (χ1) is 20.4. The molecule has 0 radical (unpaired) electrons. The largest absolute Gasteiger partial charge is 0.478 e. The van der Waals surface area contributed by atoms with Gasteiger partial charge in [-0.15, -0.1) is 0 Å². The summed E-state index contributed by atoms with van der Waals surface area (Å²) in [5, 5.41) is 9.50. The molecule has 3 amide bonds. The van der Waals surface area contributed by atoms with E-state index in [9.17, 15) is 18.8 Å². The van der Waals surface area contributed by atoms with Gasteiger partial charge in [-0.3, -0.25) is 14.4 Å². The molecular formula is C32H32Cl2FN3O5. The zero-order valence-corrected chi connectivity index (χ0v) is 25.7. The number of carbonyl (C=O) groups excluding carboxylic acids is 3. The fourth-order valence-electron chi connectivity index (χ4n) is 6.13. The van der Waals surface area contributed by atoms with Crippen LogP contribution in [0.4, 0.5) is 10.1 Å². The molecule has 5 rings (SSSR count). The molecule has 0 saturated carbocycles. The van der Waals surface area contributed by atoms with E-state index < -0.39 is 34.7 Å². The molecule has 3 N–H and O–H groups in total. The van der Waals surface area contributed by atoms with Gasteiger partial charge in [0.25, 0.3) is 5.91 Å².